The van der Waals surface area contributed by atoms with E-state index in [4.69, 9.17) is 0 Å². The van der Waals surface area contributed by atoms with E-state index in [1.165, 1.54) is 24.0 Å². The van der Waals surface area contributed by atoms with E-state index in [1.54, 1.807) is 19.1 Å². The van der Waals surface area contributed by atoms with Crippen molar-refractivity contribution in [1.82, 2.24) is 10.2 Å². The number of hydrogen-bond acceptors (Lipinski definition) is 3. The van der Waals surface area contributed by atoms with Gasteiger partial charge in [-0.15, -0.1) is 0 Å². The Morgan fingerprint density at radius 3 is 2.42 bits per heavy atom. The van der Waals surface area contributed by atoms with Gasteiger partial charge in [0.15, 0.2) is 0 Å². The van der Waals surface area contributed by atoms with Gasteiger partial charge in [-0.1, -0.05) is 30.3 Å². The molecular weight excluding hydrogens is 411 g/mol. The van der Waals surface area contributed by atoms with Gasteiger partial charge < -0.3 is 10.2 Å². The fourth-order valence-electron chi connectivity index (χ4n) is 3.61. The summed E-state index contributed by atoms with van der Waals surface area (Å²) in [6.45, 7) is 4.72. The molecule has 6 nitrogen and oxygen atoms in total. The molecule has 1 fully saturated rings. The second kappa shape index (κ2) is 8.05. The Labute approximate surface area is 177 Å². The van der Waals surface area contributed by atoms with Crippen LogP contribution in [0, 0.1) is 6.92 Å². The predicted molar refractivity (Wildman–Crippen MR) is 108 cm³/mol. The summed E-state index contributed by atoms with van der Waals surface area (Å²) in [6, 6.07) is 10.6. The first-order valence-corrected chi connectivity index (χ1v) is 9.67. The van der Waals surface area contributed by atoms with Crippen molar-refractivity contribution in [3.8, 4) is 0 Å². The molecule has 0 aromatic heterocycles. The number of rotatable bonds is 5. The van der Waals surface area contributed by atoms with Gasteiger partial charge in [0, 0.05) is 12.2 Å². The molecule has 1 aliphatic heterocycles. The van der Waals surface area contributed by atoms with Gasteiger partial charge in [-0.05, 0) is 50.1 Å². The minimum absolute atomic E-state index is 0.0122. The van der Waals surface area contributed by atoms with E-state index in [0.29, 0.717) is 12.2 Å². The molecule has 3 rings (SSSR count). The molecule has 1 atom stereocenters. The van der Waals surface area contributed by atoms with Crippen molar-refractivity contribution in [1.29, 1.82) is 0 Å². The van der Waals surface area contributed by atoms with Crippen LogP contribution in [0.2, 0.25) is 0 Å². The van der Waals surface area contributed by atoms with Gasteiger partial charge in [-0.2, -0.15) is 13.2 Å². The lowest BCUT2D eigenvalue weighted by Crippen LogP contribution is -2.45. The lowest BCUT2D eigenvalue weighted by atomic mass is 9.90. The first kappa shape index (κ1) is 22.3. The van der Waals surface area contributed by atoms with Crippen molar-refractivity contribution in [2.75, 3.05) is 18.0 Å². The molecular formula is C22H22F3N3O3. The van der Waals surface area contributed by atoms with E-state index in [1.807, 2.05) is 19.1 Å². The largest absolute Gasteiger partial charge is 0.416 e. The van der Waals surface area contributed by atoms with Crippen molar-refractivity contribution in [3.63, 3.8) is 0 Å². The van der Waals surface area contributed by atoms with Gasteiger partial charge in [0.05, 0.1) is 5.56 Å². The van der Waals surface area contributed by atoms with E-state index in [0.717, 1.165) is 22.6 Å². The Hall–Kier alpha value is -3.36. The minimum Gasteiger partial charge on any atom is -0.319 e. The van der Waals surface area contributed by atoms with E-state index < -0.39 is 41.7 Å². The molecule has 1 saturated heterocycles. The van der Waals surface area contributed by atoms with Gasteiger partial charge in [0.2, 0.25) is 5.91 Å². The molecule has 0 saturated carbocycles. The zero-order valence-corrected chi connectivity index (χ0v) is 17.3. The van der Waals surface area contributed by atoms with Gasteiger partial charge >= 0.3 is 12.2 Å². The molecule has 1 aliphatic rings. The van der Waals surface area contributed by atoms with Crippen LogP contribution in [0.3, 0.4) is 0 Å². The second-order valence-electron chi connectivity index (χ2n) is 7.45. The topological polar surface area (TPSA) is 69.7 Å². The van der Waals surface area contributed by atoms with Crippen molar-refractivity contribution in [3.05, 3.63) is 65.2 Å². The first-order chi connectivity index (χ1) is 14.5. The highest BCUT2D eigenvalue weighted by Gasteiger charge is 2.50. The van der Waals surface area contributed by atoms with Crippen LogP contribution in [0.5, 0.6) is 0 Å². The third-order valence-electron chi connectivity index (χ3n) is 5.36. The maximum atomic E-state index is 13.1. The van der Waals surface area contributed by atoms with Gasteiger partial charge in [0.25, 0.3) is 5.91 Å². The van der Waals surface area contributed by atoms with Crippen LogP contribution in [-0.4, -0.2) is 35.8 Å². The van der Waals surface area contributed by atoms with Gasteiger partial charge in [0.1, 0.15) is 12.1 Å². The Morgan fingerprint density at radius 2 is 1.81 bits per heavy atom. The predicted octanol–water partition coefficient (Wildman–Crippen LogP) is 3.83. The Bertz CT molecular complexity index is 1040. The molecule has 1 heterocycles. The fraction of sp³-hybridized carbons (Fsp3) is 0.318. The van der Waals surface area contributed by atoms with Crippen LogP contribution < -0.4 is 10.2 Å². The average molecular weight is 433 g/mol. The second-order valence-corrected chi connectivity index (χ2v) is 7.45. The summed E-state index contributed by atoms with van der Waals surface area (Å²) >= 11 is 0. The number of halogens is 3. The maximum Gasteiger partial charge on any atom is 0.416 e. The normalized spacial score (nSPS) is 18.8. The molecule has 31 heavy (non-hydrogen) atoms. The fourth-order valence-corrected chi connectivity index (χ4v) is 3.61. The number of benzene rings is 2. The number of carbonyl (C=O) groups is 3. The first-order valence-electron chi connectivity index (χ1n) is 9.67. The van der Waals surface area contributed by atoms with E-state index in [2.05, 4.69) is 5.32 Å². The summed E-state index contributed by atoms with van der Waals surface area (Å²) in [5.74, 6) is -1.26. The number of urea groups is 1. The van der Waals surface area contributed by atoms with Crippen molar-refractivity contribution in [2.45, 2.75) is 32.5 Å². The Kier molecular flexibility index (Phi) is 5.80. The standard InChI is InChI=1S/C22H22F3N3O3/c1-4-27(17-11-6-5-8-14(17)2)18(29)13-28-19(30)21(3,26-20(28)31)15-9-7-10-16(12-15)22(23,24)25/h5-12H,4,13H2,1-3H3,(H,26,31). The number of hydrogen-bond donors (Lipinski definition) is 1. The molecule has 1 N–H and O–H groups in total. The number of nitrogens with zero attached hydrogens (tertiary/aromatic N) is 2. The number of para-hydroxylation sites is 1. The van der Waals surface area contributed by atoms with Gasteiger partial charge in [-0.25, -0.2) is 4.79 Å². The molecule has 164 valence electrons. The number of anilines is 1. The van der Waals surface area contributed by atoms with Crippen LogP contribution in [0.1, 0.15) is 30.5 Å². The van der Waals surface area contributed by atoms with Crippen molar-refractivity contribution in [2.24, 2.45) is 0 Å². The third-order valence-corrected chi connectivity index (χ3v) is 5.36. The Balaban J connectivity index is 1.86. The summed E-state index contributed by atoms with van der Waals surface area (Å²) in [5, 5.41) is 2.44. The molecule has 1 unspecified atom stereocenters. The highest BCUT2D eigenvalue weighted by atomic mass is 19.4. The highest BCUT2D eigenvalue weighted by molar-refractivity contribution is 6.10. The summed E-state index contributed by atoms with van der Waals surface area (Å²) in [6.07, 6.45) is -4.59. The van der Waals surface area contributed by atoms with Crippen molar-refractivity contribution < 1.29 is 27.6 Å². The number of nitrogens with one attached hydrogen (secondary N) is 1. The third kappa shape index (κ3) is 4.12. The van der Waals surface area contributed by atoms with E-state index >= 15 is 0 Å². The summed E-state index contributed by atoms with van der Waals surface area (Å²) in [7, 11) is 0. The summed E-state index contributed by atoms with van der Waals surface area (Å²) in [5.41, 5.74) is -1.15. The maximum absolute atomic E-state index is 13.1. The number of aryl methyl sites for hydroxylation is 1. The van der Waals surface area contributed by atoms with E-state index in [9.17, 15) is 27.6 Å². The van der Waals surface area contributed by atoms with Crippen LogP contribution >= 0.6 is 0 Å². The number of likely N-dealkylation sites (N-methyl/N-ethyl adjacent to an activating group) is 1. The molecule has 0 aliphatic carbocycles. The highest BCUT2D eigenvalue weighted by Crippen LogP contribution is 2.34. The average Bonchev–Trinajstić information content (AvgIpc) is 2.93. The molecule has 2 aromatic rings. The molecule has 0 bridgehead atoms. The lowest BCUT2D eigenvalue weighted by molar-refractivity contribution is -0.138. The van der Waals surface area contributed by atoms with Crippen LogP contribution in [0.15, 0.2) is 48.5 Å². The lowest BCUT2D eigenvalue weighted by Gasteiger charge is -2.26. The minimum atomic E-state index is -4.59. The summed E-state index contributed by atoms with van der Waals surface area (Å²) < 4.78 is 39.3. The molecule has 0 radical (unpaired) electrons. The van der Waals surface area contributed by atoms with Crippen molar-refractivity contribution >= 4 is 23.5 Å². The monoisotopic (exact) mass is 433 g/mol. The van der Waals surface area contributed by atoms with E-state index in [-0.39, 0.29) is 5.56 Å². The molecule has 4 amide bonds. The van der Waals surface area contributed by atoms with Crippen LogP contribution in [-0.2, 0) is 21.3 Å². The van der Waals surface area contributed by atoms with Crippen LogP contribution in [0.4, 0.5) is 23.7 Å². The smallest absolute Gasteiger partial charge is 0.319 e. The zero-order chi connectivity index (χ0) is 23.0. The Morgan fingerprint density at radius 1 is 1.13 bits per heavy atom. The van der Waals surface area contributed by atoms with Crippen LogP contribution in [0.25, 0.3) is 0 Å². The summed E-state index contributed by atoms with van der Waals surface area (Å²) in [4.78, 5) is 40.7. The quantitative estimate of drug-likeness (QED) is 0.729. The number of amides is 4. The van der Waals surface area contributed by atoms with Gasteiger partial charge in [-0.3, -0.25) is 14.5 Å². The molecule has 2 aromatic carbocycles. The number of carbonyl (C=O) groups excluding carboxylic acids is 3. The number of alkyl halides is 3. The molecule has 9 heteroatoms. The zero-order valence-electron chi connectivity index (χ0n) is 17.3. The SMILES string of the molecule is CCN(C(=O)CN1C(=O)NC(C)(c2cccc(C(F)(F)F)c2)C1=O)c1ccccc1C. The molecule has 0 spiro atoms. The number of imide groups is 1.